The number of benzene rings is 1. The summed E-state index contributed by atoms with van der Waals surface area (Å²) in [6, 6.07) is 7.12. The first kappa shape index (κ1) is 19.9. The molecule has 0 spiro atoms. The molecule has 7 nitrogen and oxygen atoms in total. The van der Waals surface area contributed by atoms with Gasteiger partial charge in [0.2, 0.25) is 5.91 Å². The summed E-state index contributed by atoms with van der Waals surface area (Å²) in [5.74, 6) is 0.496. The number of rotatable bonds is 5. The summed E-state index contributed by atoms with van der Waals surface area (Å²) < 4.78 is 7.04. The zero-order valence-electron chi connectivity index (χ0n) is 17.2. The molecule has 0 N–H and O–H groups in total. The highest BCUT2D eigenvalue weighted by molar-refractivity contribution is 5.95. The van der Waals surface area contributed by atoms with Crippen molar-refractivity contribution in [3.63, 3.8) is 0 Å². The van der Waals surface area contributed by atoms with Crippen LogP contribution in [-0.4, -0.2) is 58.6 Å². The minimum absolute atomic E-state index is 0.0594. The van der Waals surface area contributed by atoms with Crippen LogP contribution >= 0.6 is 0 Å². The summed E-state index contributed by atoms with van der Waals surface area (Å²) in [5.41, 5.74) is 3.68. The van der Waals surface area contributed by atoms with Crippen molar-refractivity contribution in [1.29, 1.82) is 0 Å². The van der Waals surface area contributed by atoms with Gasteiger partial charge >= 0.3 is 0 Å². The molecule has 1 atom stereocenters. The SMILES string of the molecule is COc1cccc(C(=O)N2CCC(C(=O)N(C)Cc3c(C)nn(C)c3C)C2)c1. The molecule has 2 aromatic rings. The molecule has 0 aliphatic carbocycles. The summed E-state index contributed by atoms with van der Waals surface area (Å²) in [5, 5.41) is 4.42. The third kappa shape index (κ3) is 3.88. The second kappa shape index (κ2) is 8.04. The van der Waals surface area contributed by atoms with Crippen molar-refractivity contribution < 1.29 is 14.3 Å². The van der Waals surface area contributed by atoms with Crippen molar-refractivity contribution >= 4 is 11.8 Å². The van der Waals surface area contributed by atoms with Crippen molar-refractivity contribution in [2.24, 2.45) is 13.0 Å². The molecule has 28 heavy (non-hydrogen) atoms. The van der Waals surface area contributed by atoms with Gasteiger partial charge in [-0.1, -0.05) is 6.07 Å². The summed E-state index contributed by atoms with van der Waals surface area (Å²) in [7, 11) is 5.31. The smallest absolute Gasteiger partial charge is 0.254 e. The average Bonchev–Trinajstić information content (AvgIpc) is 3.28. The number of nitrogens with zero attached hydrogens (tertiary/aromatic N) is 4. The van der Waals surface area contributed by atoms with Gasteiger partial charge in [-0.15, -0.1) is 0 Å². The Morgan fingerprint density at radius 2 is 2.07 bits per heavy atom. The largest absolute Gasteiger partial charge is 0.497 e. The summed E-state index contributed by atoms with van der Waals surface area (Å²) in [6.45, 7) is 5.54. The fourth-order valence-corrected chi connectivity index (χ4v) is 3.76. The summed E-state index contributed by atoms with van der Waals surface area (Å²) in [4.78, 5) is 29.2. The standard InChI is InChI=1S/C21H28N4O3/c1-14-19(15(2)24(4)22-14)13-23(3)20(26)17-9-10-25(12-17)21(27)16-7-6-8-18(11-16)28-5/h6-8,11,17H,9-10,12-13H2,1-5H3. The first-order valence-electron chi connectivity index (χ1n) is 9.49. The van der Waals surface area contributed by atoms with E-state index in [-0.39, 0.29) is 17.7 Å². The Morgan fingerprint density at radius 1 is 1.32 bits per heavy atom. The lowest BCUT2D eigenvalue weighted by Gasteiger charge is -2.22. The molecular weight excluding hydrogens is 356 g/mol. The second-order valence-corrected chi connectivity index (χ2v) is 7.44. The fourth-order valence-electron chi connectivity index (χ4n) is 3.76. The number of methoxy groups -OCH3 is 1. The quantitative estimate of drug-likeness (QED) is 0.792. The third-order valence-corrected chi connectivity index (χ3v) is 5.57. The van der Waals surface area contributed by atoms with Gasteiger partial charge in [-0.25, -0.2) is 0 Å². The van der Waals surface area contributed by atoms with E-state index >= 15 is 0 Å². The number of hydrogen-bond acceptors (Lipinski definition) is 4. The number of ether oxygens (including phenoxy) is 1. The molecule has 1 aliphatic rings. The predicted molar refractivity (Wildman–Crippen MR) is 106 cm³/mol. The molecule has 0 bridgehead atoms. The Hall–Kier alpha value is -2.83. The van der Waals surface area contributed by atoms with Crippen LogP contribution in [0.15, 0.2) is 24.3 Å². The van der Waals surface area contributed by atoms with Crippen LogP contribution in [0.5, 0.6) is 5.75 Å². The molecule has 1 aromatic carbocycles. The van der Waals surface area contributed by atoms with E-state index in [9.17, 15) is 9.59 Å². The van der Waals surface area contributed by atoms with Gasteiger partial charge in [-0.2, -0.15) is 5.10 Å². The van der Waals surface area contributed by atoms with E-state index in [1.54, 1.807) is 35.1 Å². The highest BCUT2D eigenvalue weighted by Gasteiger charge is 2.33. The highest BCUT2D eigenvalue weighted by Crippen LogP contribution is 2.23. The van der Waals surface area contributed by atoms with E-state index in [0.717, 1.165) is 17.0 Å². The number of aromatic nitrogens is 2. The summed E-state index contributed by atoms with van der Waals surface area (Å²) in [6.07, 6.45) is 0.684. The Kier molecular flexibility index (Phi) is 5.72. The summed E-state index contributed by atoms with van der Waals surface area (Å²) >= 11 is 0. The van der Waals surface area contributed by atoms with Crippen molar-refractivity contribution in [3.8, 4) is 5.75 Å². The minimum atomic E-state index is -0.170. The van der Waals surface area contributed by atoms with Gasteiger partial charge in [-0.3, -0.25) is 14.3 Å². The molecule has 1 aliphatic heterocycles. The van der Waals surface area contributed by atoms with Crippen LogP contribution in [0.1, 0.15) is 33.7 Å². The molecular formula is C21H28N4O3. The van der Waals surface area contributed by atoms with Crippen molar-refractivity contribution in [2.45, 2.75) is 26.8 Å². The minimum Gasteiger partial charge on any atom is -0.497 e. The molecule has 1 saturated heterocycles. The van der Waals surface area contributed by atoms with Crippen LogP contribution < -0.4 is 4.74 Å². The van der Waals surface area contributed by atoms with Crippen molar-refractivity contribution in [1.82, 2.24) is 19.6 Å². The first-order chi connectivity index (χ1) is 13.3. The number of carbonyl (C=O) groups excluding carboxylic acids is 2. The maximum Gasteiger partial charge on any atom is 0.254 e. The van der Waals surface area contributed by atoms with E-state index in [1.807, 2.05) is 38.7 Å². The molecule has 3 rings (SSSR count). The maximum atomic E-state index is 12.9. The third-order valence-electron chi connectivity index (χ3n) is 5.57. The molecule has 1 unspecified atom stereocenters. The molecule has 1 fully saturated rings. The van der Waals surface area contributed by atoms with E-state index in [1.165, 1.54) is 0 Å². The number of hydrogen-bond donors (Lipinski definition) is 0. The molecule has 2 amide bonds. The van der Waals surface area contributed by atoms with Gasteiger partial charge in [0.05, 0.1) is 18.7 Å². The lowest BCUT2D eigenvalue weighted by atomic mass is 10.1. The highest BCUT2D eigenvalue weighted by atomic mass is 16.5. The van der Waals surface area contributed by atoms with Crippen LogP contribution in [0.25, 0.3) is 0 Å². The Bertz CT molecular complexity index is 890. The number of likely N-dealkylation sites (tertiary alicyclic amines) is 1. The van der Waals surface area contributed by atoms with Gasteiger partial charge in [0, 0.05) is 50.6 Å². The number of amides is 2. The lowest BCUT2D eigenvalue weighted by molar-refractivity contribution is -0.134. The number of carbonyl (C=O) groups is 2. The first-order valence-corrected chi connectivity index (χ1v) is 9.49. The van der Waals surface area contributed by atoms with E-state index in [4.69, 9.17) is 4.74 Å². The van der Waals surface area contributed by atoms with Gasteiger partial charge in [0.25, 0.3) is 5.91 Å². The van der Waals surface area contributed by atoms with Crippen LogP contribution in [0.3, 0.4) is 0 Å². The fraction of sp³-hybridized carbons (Fsp3) is 0.476. The Morgan fingerprint density at radius 3 is 2.71 bits per heavy atom. The van der Waals surface area contributed by atoms with Gasteiger partial charge in [-0.05, 0) is 38.5 Å². The van der Waals surface area contributed by atoms with Gasteiger partial charge < -0.3 is 14.5 Å². The van der Waals surface area contributed by atoms with Crippen molar-refractivity contribution in [3.05, 3.63) is 46.8 Å². The molecule has 0 saturated carbocycles. The molecule has 150 valence electrons. The normalized spacial score (nSPS) is 16.3. The van der Waals surface area contributed by atoms with Crippen LogP contribution in [0.4, 0.5) is 0 Å². The zero-order valence-corrected chi connectivity index (χ0v) is 17.2. The average molecular weight is 384 g/mol. The van der Waals surface area contributed by atoms with Crippen LogP contribution in [-0.2, 0) is 18.4 Å². The van der Waals surface area contributed by atoms with Crippen LogP contribution in [0, 0.1) is 19.8 Å². The predicted octanol–water partition coefficient (Wildman–Crippen LogP) is 2.17. The molecule has 7 heteroatoms. The van der Waals surface area contributed by atoms with Crippen LogP contribution in [0.2, 0.25) is 0 Å². The molecule has 0 radical (unpaired) electrons. The zero-order chi connectivity index (χ0) is 20.4. The topological polar surface area (TPSA) is 67.7 Å². The van der Waals surface area contributed by atoms with Crippen molar-refractivity contribution in [2.75, 3.05) is 27.2 Å². The van der Waals surface area contributed by atoms with E-state index in [0.29, 0.717) is 37.4 Å². The monoisotopic (exact) mass is 384 g/mol. The second-order valence-electron chi connectivity index (χ2n) is 7.44. The van der Waals surface area contributed by atoms with E-state index in [2.05, 4.69) is 5.10 Å². The number of aryl methyl sites for hydroxylation is 2. The Labute approximate surface area is 165 Å². The maximum absolute atomic E-state index is 12.9. The molecule has 2 heterocycles. The van der Waals surface area contributed by atoms with E-state index < -0.39 is 0 Å². The van der Waals surface area contributed by atoms with Gasteiger partial charge in [0.1, 0.15) is 5.75 Å². The molecule has 1 aromatic heterocycles. The Balaban J connectivity index is 1.64. The van der Waals surface area contributed by atoms with Gasteiger partial charge in [0.15, 0.2) is 0 Å². The lowest BCUT2D eigenvalue weighted by Crippen LogP contribution is -2.35.